The lowest BCUT2D eigenvalue weighted by molar-refractivity contribution is 0.0780. The maximum absolute atomic E-state index is 12.2. The fraction of sp³-hybridized carbons (Fsp3) is 0.583. The first-order valence-corrected chi connectivity index (χ1v) is 5.92. The minimum absolute atomic E-state index is 0.117. The van der Waals surface area contributed by atoms with Crippen LogP contribution in [0.4, 0.5) is 0 Å². The van der Waals surface area contributed by atoms with Crippen molar-refractivity contribution in [1.82, 2.24) is 9.47 Å². The molecule has 2 rings (SSSR count). The van der Waals surface area contributed by atoms with Crippen LogP contribution in [0.3, 0.4) is 0 Å². The zero-order valence-electron chi connectivity index (χ0n) is 9.72. The maximum Gasteiger partial charge on any atom is 0.270 e. The third kappa shape index (κ3) is 2.11. The number of carbonyl (C=O) groups excluding carboxylic acids is 1. The molecule has 16 heavy (non-hydrogen) atoms. The summed E-state index contributed by atoms with van der Waals surface area (Å²) in [4.78, 5) is 14.1. The summed E-state index contributed by atoms with van der Waals surface area (Å²) in [6.07, 6.45) is 3.92. The Morgan fingerprint density at radius 2 is 2.44 bits per heavy atom. The molecule has 1 amide bonds. The van der Waals surface area contributed by atoms with Crippen LogP contribution in [0, 0.1) is 0 Å². The van der Waals surface area contributed by atoms with Crippen molar-refractivity contribution in [2.45, 2.75) is 32.4 Å². The highest BCUT2D eigenvalue weighted by atomic mass is 16.2. The minimum atomic E-state index is 0.117. The van der Waals surface area contributed by atoms with Gasteiger partial charge in [-0.05, 0) is 25.0 Å². The van der Waals surface area contributed by atoms with Crippen molar-refractivity contribution >= 4 is 5.91 Å². The average molecular weight is 221 g/mol. The average Bonchev–Trinajstić information content (AvgIpc) is 2.87. The number of likely N-dealkylation sites (tertiary alicyclic amines) is 1. The number of rotatable bonds is 3. The molecule has 0 aromatic carbocycles. The Morgan fingerprint density at radius 1 is 1.62 bits per heavy atom. The summed E-state index contributed by atoms with van der Waals surface area (Å²) < 4.78 is 2.02. The molecule has 1 unspecified atom stereocenters. The summed E-state index contributed by atoms with van der Waals surface area (Å²) in [5.41, 5.74) is 6.60. The van der Waals surface area contributed by atoms with E-state index < -0.39 is 0 Å². The molecule has 1 aliphatic heterocycles. The molecule has 1 atom stereocenters. The lowest BCUT2D eigenvalue weighted by Crippen LogP contribution is -2.33. The van der Waals surface area contributed by atoms with Crippen molar-refractivity contribution in [3.63, 3.8) is 0 Å². The zero-order valence-corrected chi connectivity index (χ0v) is 9.72. The van der Waals surface area contributed by atoms with Gasteiger partial charge in [-0.25, -0.2) is 0 Å². The summed E-state index contributed by atoms with van der Waals surface area (Å²) in [6, 6.07) is 3.97. The van der Waals surface area contributed by atoms with Gasteiger partial charge in [-0.15, -0.1) is 0 Å². The lowest BCUT2D eigenvalue weighted by Gasteiger charge is -2.17. The number of aromatic nitrogens is 1. The van der Waals surface area contributed by atoms with Crippen molar-refractivity contribution in [2.24, 2.45) is 5.73 Å². The molecule has 0 spiro atoms. The van der Waals surface area contributed by atoms with E-state index in [0.29, 0.717) is 6.54 Å². The summed E-state index contributed by atoms with van der Waals surface area (Å²) in [7, 11) is 0. The van der Waals surface area contributed by atoms with Crippen LogP contribution in [0.1, 0.15) is 30.3 Å². The van der Waals surface area contributed by atoms with Crippen LogP contribution in [0.5, 0.6) is 0 Å². The molecule has 2 N–H and O–H groups in total. The van der Waals surface area contributed by atoms with E-state index in [1.165, 1.54) is 0 Å². The van der Waals surface area contributed by atoms with E-state index >= 15 is 0 Å². The molecule has 4 nitrogen and oxygen atoms in total. The summed E-state index contributed by atoms with van der Waals surface area (Å²) in [6.45, 7) is 4.49. The predicted octanol–water partition coefficient (Wildman–Crippen LogP) is 1.07. The second-order valence-corrected chi connectivity index (χ2v) is 4.39. The third-order valence-corrected chi connectivity index (χ3v) is 3.03. The topological polar surface area (TPSA) is 51.3 Å². The van der Waals surface area contributed by atoms with Gasteiger partial charge in [0, 0.05) is 31.9 Å². The fourth-order valence-corrected chi connectivity index (χ4v) is 2.18. The van der Waals surface area contributed by atoms with Gasteiger partial charge in [0.15, 0.2) is 0 Å². The van der Waals surface area contributed by atoms with Crippen molar-refractivity contribution in [3.8, 4) is 0 Å². The highest BCUT2D eigenvalue weighted by Gasteiger charge is 2.25. The Kier molecular flexibility index (Phi) is 3.29. The summed E-state index contributed by atoms with van der Waals surface area (Å²) in [5.74, 6) is 0.117. The second-order valence-electron chi connectivity index (χ2n) is 4.39. The first-order chi connectivity index (χ1) is 7.72. The Hall–Kier alpha value is -1.29. The highest BCUT2D eigenvalue weighted by molar-refractivity contribution is 5.93. The van der Waals surface area contributed by atoms with Gasteiger partial charge in [0.1, 0.15) is 5.69 Å². The number of carbonyl (C=O) groups is 1. The van der Waals surface area contributed by atoms with E-state index in [1.54, 1.807) is 0 Å². The van der Waals surface area contributed by atoms with Crippen LogP contribution in [-0.2, 0) is 6.54 Å². The zero-order chi connectivity index (χ0) is 11.5. The van der Waals surface area contributed by atoms with Crippen molar-refractivity contribution in [1.29, 1.82) is 0 Å². The standard InChI is InChI=1S/C12H19N3O/c1-2-6-14-7-3-4-11(14)12(16)15-8-5-10(13)9-15/h3-4,7,10H,2,5-6,8-9,13H2,1H3. The van der Waals surface area contributed by atoms with Gasteiger partial charge in [0.05, 0.1) is 0 Å². The fourth-order valence-electron chi connectivity index (χ4n) is 2.18. The summed E-state index contributed by atoms with van der Waals surface area (Å²) in [5, 5.41) is 0. The van der Waals surface area contributed by atoms with E-state index in [0.717, 1.165) is 31.6 Å². The van der Waals surface area contributed by atoms with E-state index in [1.807, 2.05) is 27.8 Å². The summed E-state index contributed by atoms with van der Waals surface area (Å²) >= 11 is 0. The van der Waals surface area contributed by atoms with E-state index in [4.69, 9.17) is 5.73 Å². The molecule has 1 aromatic heterocycles. The Bertz CT molecular complexity index is 372. The Balaban J connectivity index is 2.11. The van der Waals surface area contributed by atoms with E-state index in [2.05, 4.69) is 6.92 Å². The quantitative estimate of drug-likeness (QED) is 0.830. The first-order valence-electron chi connectivity index (χ1n) is 5.92. The number of aryl methyl sites for hydroxylation is 1. The molecule has 2 heterocycles. The molecular weight excluding hydrogens is 202 g/mol. The van der Waals surface area contributed by atoms with Crippen molar-refractivity contribution < 1.29 is 4.79 Å². The number of nitrogens with zero attached hydrogens (tertiary/aromatic N) is 2. The van der Waals surface area contributed by atoms with Gasteiger partial charge in [0.25, 0.3) is 5.91 Å². The second kappa shape index (κ2) is 4.70. The normalized spacial score (nSPS) is 20.4. The Labute approximate surface area is 96.0 Å². The number of nitrogens with two attached hydrogens (primary N) is 1. The smallest absolute Gasteiger partial charge is 0.270 e. The van der Waals surface area contributed by atoms with Gasteiger partial charge in [-0.3, -0.25) is 4.79 Å². The third-order valence-electron chi connectivity index (χ3n) is 3.03. The molecule has 0 radical (unpaired) electrons. The SMILES string of the molecule is CCCn1cccc1C(=O)N1CCC(N)C1. The number of hydrogen-bond acceptors (Lipinski definition) is 2. The molecule has 1 aromatic rings. The van der Waals surface area contributed by atoms with Crippen molar-refractivity contribution in [2.75, 3.05) is 13.1 Å². The predicted molar refractivity (Wildman–Crippen MR) is 63.2 cm³/mol. The molecule has 0 saturated carbocycles. The van der Waals surface area contributed by atoms with Crippen LogP contribution < -0.4 is 5.73 Å². The molecule has 4 heteroatoms. The monoisotopic (exact) mass is 221 g/mol. The van der Waals surface area contributed by atoms with Gasteiger partial charge in [-0.2, -0.15) is 0 Å². The Morgan fingerprint density at radius 3 is 3.06 bits per heavy atom. The van der Waals surface area contributed by atoms with E-state index in [9.17, 15) is 4.79 Å². The molecule has 0 bridgehead atoms. The van der Waals surface area contributed by atoms with Gasteiger partial charge in [0.2, 0.25) is 0 Å². The number of amides is 1. The van der Waals surface area contributed by atoms with Crippen LogP contribution in [0.2, 0.25) is 0 Å². The molecule has 88 valence electrons. The highest BCUT2D eigenvalue weighted by Crippen LogP contribution is 2.13. The maximum atomic E-state index is 12.2. The molecule has 1 aliphatic rings. The van der Waals surface area contributed by atoms with Crippen molar-refractivity contribution in [3.05, 3.63) is 24.0 Å². The van der Waals surface area contributed by atoms with Gasteiger partial charge >= 0.3 is 0 Å². The van der Waals surface area contributed by atoms with Crippen LogP contribution in [-0.4, -0.2) is 34.5 Å². The van der Waals surface area contributed by atoms with Crippen LogP contribution >= 0.6 is 0 Å². The van der Waals surface area contributed by atoms with Gasteiger partial charge < -0.3 is 15.2 Å². The minimum Gasteiger partial charge on any atom is -0.344 e. The largest absolute Gasteiger partial charge is 0.344 e. The lowest BCUT2D eigenvalue weighted by atomic mass is 10.3. The number of hydrogen-bond donors (Lipinski definition) is 1. The first kappa shape index (κ1) is 11.2. The van der Waals surface area contributed by atoms with Crippen LogP contribution in [0.15, 0.2) is 18.3 Å². The molecule has 0 aliphatic carbocycles. The molecular formula is C12H19N3O. The van der Waals surface area contributed by atoms with Crippen LogP contribution in [0.25, 0.3) is 0 Å². The molecule has 1 saturated heterocycles. The van der Waals surface area contributed by atoms with E-state index in [-0.39, 0.29) is 11.9 Å². The van der Waals surface area contributed by atoms with Gasteiger partial charge in [-0.1, -0.05) is 6.92 Å². The molecule has 1 fully saturated rings.